The quantitative estimate of drug-likeness (QED) is 0.854. The first-order chi connectivity index (χ1) is 9.17. The standard InChI is InChI=1S/C16H23NO2/c1-16(9-11(16)10-17-12-4-5-12)14-7-6-13(18-2)8-15(14)19-3/h6-8,11-12,17H,4-5,9-10H2,1-3H3. The van der Waals surface area contributed by atoms with Gasteiger partial charge in [0, 0.05) is 23.1 Å². The zero-order valence-corrected chi connectivity index (χ0v) is 12.0. The maximum absolute atomic E-state index is 5.54. The van der Waals surface area contributed by atoms with Crippen LogP contribution in [0.4, 0.5) is 0 Å². The largest absolute Gasteiger partial charge is 0.497 e. The van der Waals surface area contributed by atoms with Crippen LogP contribution in [0.2, 0.25) is 0 Å². The van der Waals surface area contributed by atoms with Gasteiger partial charge in [-0.3, -0.25) is 0 Å². The monoisotopic (exact) mass is 261 g/mol. The van der Waals surface area contributed by atoms with Crippen molar-refractivity contribution >= 4 is 0 Å². The molecule has 19 heavy (non-hydrogen) atoms. The first kappa shape index (κ1) is 12.8. The van der Waals surface area contributed by atoms with Crippen LogP contribution in [-0.4, -0.2) is 26.8 Å². The van der Waals surface area contributed by atoms with Crippen molar-refractivity contribution in [3.63, 3.8) is 0 Å². The van der Waals surface area contributed by atoms with Crippen LogP contribution in [0.25, 0.3) is 0 Å². The third kappa shape index (κ3) is 2.44. The second-order valence-electron chi connectivity index (χ2n) is 6.07. The molecule has 104 valence electrons. The summed E-state index contributed by atoms with van der Waals surface area (Å²) in [7, 11) is 3.43. The Hall–Kier alpha value is -1.22. The lowest BCUT2D eigenvalue weighted by Gasteiger charge is -2.17. The molecule has 2 atom stereocenters. The van der Waals surface area contributed by atoms with Crippen molar-refractivity contribution in [3.8, 4) is 11.5 Å². The molecule has 0 spiro atoms. The predicted molar refractivity (Wildman–Crippen MR) is 76.0 cm³/mol. The van der Waals surface area contributed by atoms with E-state index in [9.17, 15) is 0 Å². The highest BCUT2D eigenvalue weighted by atomic mass is 16.5. The van der Waals surface area contributed by atoms with Crippen LogP contribution in [-0.2, 0) is 5.41 Å². The molecule has 0 amide bonds. The Kier molecular flexibility index (Phi) is 3.17. The second kappa shape index (κ2) is 4.71. The summed E-state index contributed by atoms with van der Waals surface area (Å²) in [4.78, 5) is 0. The summed E-state index contributed by atoms with van der Waals surface area (Å²) < 4.78 is 10.8. The zero-order valence-electron chi connectivity index (χ0n) is 12.0. The van der Waals surface area contributed by atoms with Gasteiger partial charge in [-0.1, -0.05) is 13.0 Å². The van der Waals surface area contributed by atoms with Crippen LogP contribution < -0.4 is 14.8 Å². The van der Waals surface area contributed by atoms with Crippen LogP contribution in [0.1, 0.15) is 31.7 Å². The number of rotatable bonds is 6. The topological polar surface area (TPSA) is 30.5 Å². The van der Waals surface area contributed by atoms with Crippen LogP contribution >= 0.6 is 0 Å². The summed E-state index contributed by atoms with van der Waals surface area (Å²) in [6.07, 6.45) is 3.96. The molecular formula is C16H23NO2. The summed E-state index contributed by atoms with van der Waals surface area (Å²) in [6, 6.07) is 6.98. The molecule has 1 aromatic carbocycles. The van der Waals surface area contributed by atoms with Crippen LogP contribution in [0.5, 0.6) is 11.5 Å². The van der Waals surface area contributed by atoms with Gasteiger partial charge in [-0.2, -0.15) is 0 Å². The molecule has 2 aliphatic carbocycles. The Morgan fingerprint density at radius 3 is 2.68 bits per heavy atom. The molecule has 2 fully saturated rings. The number of benzene rings is 1. The first-order valence-corrected chi connectivity index (χ1v) is 7.13. The van der Waals surface area contributed by atoms with Gasteiger partial charge in [0.25, 0.3) is 0 Å². The van der Waals surface area contributed by atoms with Gasteiger partial charge in [0.15, 0.2) is 0 Å². The van der Waals surface area contributed by atoms with Crippen molar-refractivity contribution in [2.75, 3.05) is 20.8 Å². The van der Waals surface area contributed by atoms with Crippen LogP contribution in [0.15, 0.2) is 18.2 Å². The summed E-state index contributed by atoms with van der Waals surface area (Å²) in [6.45, 7) is 3.48. The SMILES string of the molecule is COc1ccc(C2(C)CC2CNC2CC2)c(OC)c1. The molecule has 2 saturated carbocycles. The molecule has 1 aromatic rings. The van der Waals surface area contributed by atoms with Crippen LogP contribution in [0, 0.1) is 5.92 Å². The lowest BCUT2D eigenvalue weighted by molar-refractivity contribution is 0.386. The summed E-state index contributed by atoms with van der Waals surface area (Å²) in [5, 5.41) is 3.64. The minimum absolute atomic E-state index is 0.263. The van der Waals surface area contributed by atoms with E-state index in [1.807, 2.05) is 12.1 Å². The molecule has 1 N–H and O–H groups in total. The van der Waals surface area contributed by atoms with E-state index in [0.29, 0.717) is 0 Å². The first-order valence-electron chi connectivity index (χ1n) is 7.13. The fraction of sp³-hybridized carbons (Fsp3) is 0.625. The molecular weight excluding hydrogens is 238 g/mol. The van der Waals surface area contributed by atoms with Gasteiger partial charge in [0.05, 0.1) is 14.2 Å². The zero-order chi connectivity index (χ0) is 13.5. The lowest BCUT2D eigenvalue weighted by Crippen LogP contribution is -2.22. The van der Waals surface area contributed by atoms with Gasteiger partial charge >= 0.3 is 0 Å². The summed E-state index contributed by atoms with van der Waals surface area (Å²) in [5.41, 5.74) is 1.58. The highest BCUT2D eigenvalue weighted by molar-refractivity contribution is 5.48. The summed E-state index contributed by atoms with van der Waals surface area (Å²) >= 11 is 0. The van der Waals surface area contributed by atoms with E-state index >= 15 is 0 Å². The minimum atomic E-state index is 0.263. The molecule has 0 saturated heterocycles. The molecule has 3 nitrogen and oxygen atoms in total. The van der Waals surface area contributed by atoms with Crippen LogP contribution in [0.3, 0.4) is 0 Å². The Labute approximate surface area is 115 Å². The average molecular weight is 261 g/mol. The van der Waals surface area contributed by atoms with Gasteiger partial charge in [0.1, 0.15) is 11.5 Å². The van der Waals surface area contributed by atoms with Gasteiger partial charge in [-0.25, -0.2) is 0 Å². The molecule has 0 bridgehead atoms. The fourth-order valence-corrected chi connectivity index (χ4v) is 2.95. The third-order valence-corrected chi connectivity index (χ3v) is 4.67. The number of nitrogens with one attached hydrogen (secondary N) is 1. The Morgan fingerprint density at radius 1 is 1.26 bits per heavy atom. The van der Waals surface area contributed by atoms with Gasteiger partial charge in [-0.15, -0.1) is 0 Å². The van der Waals surface area contributed by atoms with Gasteiger partial charge in [0.2, 0.25) is 0 Å². The second-order valence-corrected chi connectivity index (χ2v) is 6.07. The van der Waals surface area contributed by atoms with Crippen molar-refractivity contribution < 1.29 is 9.47 Å². The Bertz CT molecular complexity index is 470. The molecule has 3 rings (SSSR count). The number of ether oxygens (including phenoxy) is 2. The van der Waals surface area contributed by atoms with Gasteiger partial charge in [-0.05, 0) is 37.8 Å². The number of hydrogen-bond donors (Lipinski definition) is 1. The highest BCUT2D eigenvalue weighted by Gasteiger charge is 2.52. The van der Waals surface area contributed by atoms with E-state index in [1.54, 1.807) is 14.2 Å². The smallest absolute Gasteiger partial charge is 0.126 e. The van der Waals surface area contributed by atoms with E-state index < -0.39 is 0 Å². The maximum Gasteiger partial charge on any atom is 0.126 e. The van der Waals surface area contributed by atoms with Crippen molar-refractivity contribution in [1.29, 1.82) is 0 Å². The van der Waals surface area contributed by atoms with Crippen molar-refractivity contribution in [1.82, 2.24) is 5.32 Å². The maximum atomic E-state index is 5.54. The summed E-state index contributed by atoms with van der Waals surface area (Å²) in [5.74, 6) is 2.55. The Balaban J connectivity index is 1.74. The van der Waals surface area contributed by atoms with E-state index in [4.69, 9.17) is 9.47 Å². The molecule has 0 aliphatic heterocycles. The van der Waals surface area contributed by atoms with E-state index in [2.05, 4.69) is 18.3 Å². The molecule has 0 aromatic heterocycles. The van der Waals surface area contributed by atoms with Crippen molar-refractivity contribution in [3.05, 3.63) is 23.8 Å². The highest BCUT2D eigenvalue weighted by Crippen LogP contribution is 2.56. The Morgan fingerprint density at radius 2 is 2.05 bits per heavy atom. The van der Waals surface area contributed by atoms with Gasteiger partial charge < -0.3 is 14.8 Å². The number of hydrogen-bond acceptors (Lipinski definition) is 3. The van der Waals surface area contributed by atoms with E-state index in [1.165, 1.54) is 24.8 Å². The molecule has 3 heteroatoms. The molecule has 2 unspecified atom stereocenters. The molecule has 0 heterocycles. The third-order valence-electron chi connectivity index (χ3n) is 4.67. The molecule has 0 radical (unpaired) electrons. The normalized spacial score (nSPS) is 29.1. The minimum Gasteiger partial charge on any atom is -0.497 e. The van der Waals surface area contributed by atoms with E-state index in [0.717, 1.165) is 30.0 Å². The van der Waals surface area contributed by atoms with Crippen molar-refractivity contribution in [2.24, 2.45) is 5.92 Å². The lowest BCUT2D eigenvalue weighted by atomic mass is 9.94. The number of methoxy groups -OCH3 is 2. The predicted octanol–water partition coefficient (Wildman–Crippen LogP) is 2.73. The fourth-order valence-electron chi connectivity index (χ4n) is 2.95. The average Bonchev–Trinajstić information content (AvgIpc) is 3.33. The molecule has 2 aliphatic rings. The van der Waals surface area contributed by atoms with Crippen molar-refractivity contribution in [2.45, 2.75) is 37.6 Å². The van der Waals surface area contributed by atoms with E-state index in [-0.39, 0.29) is 5.41 Å².